The summed E-state index contributed by atoms with van der Waals surface area (Å²) in [5, 5.41) is 10.7. The number of aromatic nitrogens is 2. The van der Waals surface area contributed by atoms with Gasteiger partial charge in [-0.3, -0.25) is 10.2 Å². The highest BCUT2D eigenvalue weighted by Crippen LogP contribution is 2.64. The molecule has 2 heterocycles. The molecule has 3 atom stereocenters. The summed E-state index contributed by atoms with van der Waals surface area (Å²) in [5.41, 5.74) is 2.53. The number of anilines is 1. The van der Waals surface area contributed by atoms with Crippen LogP contribution < -0.4 is 10.6 Å². The van der Waals surface area contributed by atoms with E-state index in [0.717, 1.165) is 30.5 Å². The molecule has 1 spiro atoms. The van der Waals surface area contributed by atoms with Crippen molar-refractivity contribution in [2.24, 2.45) is 5.41 Å². The first kappa shape index (κ1) is 27.4. The molecule has 3 aliphatic rings. The number of nitrogens with one attached hydrogen (secondary N) is 2. The molecule has 2 N–H and O–H groups in total. The smallest absolute Gasteiger partial charge is 0.411 e. The van der Waals surface area contributed by atoms with Crippen molar-refractivity contribution in [1.82, 2.24) is 20.0 Å². The van der Waals surface area contributed by atoms with Gasteiger partial charge in [-0.15, -0.1) is 0 Å². The molecule has 2 aromatic rings. The predicted octanol–water partition coefficient (Wildman–Crippen LogP) is 4.76. The molecule has 1 saturated heterocycles. The van der Waals surface area contributed by atoms with Crippen LogP contribution in [-0.4, -0.2) is 65.5 Å². The van der Waals surface area contributed by atoms with E-state index in [1.54, 1.807) is 30.7 Å². The van der Waals surface area contributed by atoms with Crippen molar-refractivity contribution in [1.29, 1.82) is 0 Å². The van der Waals surface area contributed by atoms with E-state index in [1.165, 1.54) is 14.2 Å². The van der Waals surface area contributed by atoms with E-state index >= 15 is 0 Å². The average Bonchev–Trinajstić information content (AvgIpc) is 3.29. The first-order chi connectivity index (χ1) is 18.4. The number of amides is 3. The van der Waals surface area contributed by atoms with Crippen LogP contribution in [0.3, 0.4) is 0 Å². The number of carbonyl (C=O) groups is 2. The Labute approximate surface area is 228 Å². The summed E-state index contributed by atoms with van der Waals surface area (Å²) in [4.78, 5) is 28.5. The van der Waals surface area contributed by atoms with Crippen molar-refractivity contribution in [3.63, 3.8) is 0 Å². The van der Waals surface area contributed by atoms with E-state index < -0.39 is 17.9 Å². The Balaban J connectivity index is 1.58. The predicted molar refractivity (Wildman–Crippen MR) is 142 cm³/mol. The van der Waals surface area contributed by atoms with Crippen LogP contribution in [0.1, 0.15) is 68.5 Å². The minimum absolute atomic E-state index is 0.0495. The molecule has 212 valence electrons. The molecule has 1 aromatic carbocycles. The standard InChI is InChI=1S/C28H38FN5O5/c1-15-10-17(11-16(2)23(15)29)34-24(31-25(35)30-14-21(37-6)38-7)22-18(32-34)12-28-9-8-20(28)33(19(22)13-28)26(36)39-27(3,4)5/h10-11,19-21H,8-9,12-14H2,1-7H3,(H2,30,31,35). The lowest BCUT2D eigenvalue weighted by Gasteiger charge is -2.46. The number of likely N-dealkylation sites (tertiary alicyclic amines) is 1. The maximum absolute atomic E-state index is 14.5. The normalized spacial score (nSPS) is 23.3. The monoisotopic (exact) mass is 543 g/mol. The number of aryl methyl sites for hydroxylation is 2. The molecule has 10 nitrogen and oxygen atoms in total. The number of fused-ring (bicyclic) bond motifs is 3. The van der Waals surface area contributed by atoms with Gasteiger partial charge in [0.15, 0.2) is 6.29 Å². The number of urea groups is 1. The van der Waals surface area contributed by atoms with Crippen molar-refractivity contribution in [2.45, 2.75) is 84.3 Å². The van der Waals surface area contributed by atoms with E-state index in [0.29, 0.717) is 29.1 Å². The molecule has 1 saturated carbocycles. The van der Waals surface area contributed by atoms with E-state index in [9.17, 15) is 14.0 Å². The van der Waals surface area contributed by atoms with Gasteiger partial charge in [0, 0.05) is 25.8 Å². The van der Waals surface area contributed by atoms with Crippen LogP contribution in [0.15, 0.2) is 12.1 Å². The van der Waals surface area contributed by atoms with E-state index in [4.69, 9.17) is 19.3 Å². The fraction of sp³-hybridized carbons (Fsp3) is 0.607. The topological polar surface area (TPSA) is 107 Å². The highest BCUT2D eigenvalue weighted by Gasteiger charge is 2.64. The van der Waals surface area contributed by atoms with Crippen LogP contribution in [0.5, 0.6) is 0 Å². The molecular weight excluding hydrogens is 505 g/mol. The summed E-state index contributed by atoms with van der Waals surface area (Å²) in [5.74, 6) is 0.174. The van der Waals surface area contributed by atoms with Crippen molar-refractivity contribution in [3.8, 4) is 5.69 Å². The number of carbonyl (C=O) groups excluding carboxylic acids is 2. The Morgan fingerprint density at radius 3 is 2.44 bits per heavy atom. The number of nitrogens with zero attached hydrogens (tertiary/aromatic N) is 3. The number of halogens is 1. The van der Waals surface area contributed by atoms with Crippen LogP contribution in [0, 0.1) is 25.1 Å². The van der Waals surface area contributed by atoms with Gasteiger partial charge >= 0.3 is 12.1 Å². The molecule has 2 bridgehead atoms. The first-order valence-electron chi connectivity index (χ1n) is 13.4. The zero-order valence-electron chi connectivity index (χ0n) is 23.7. The molecule has 3 unspecified atom stereocenters. The van der Waals surface area contributed by atoms with Crippen LogP contribution in [0.4, 0.5) is 19.8 Å². The summed E-state index contributed by atoms with van der Waals surface area (Å²) >= 11 is 0. The molecule has 0 radical (unpaired) electrons. The van der Waals surface area contributed by atoms with Crippen molar-refractivity contribution in [2.75, 3.05) is 26.1 Å². The zero-order valence-corrected chi connectivity index (χ0v) is 23.7. The van der Waals surface area contributed by atoms with E-state index in [1.807, 2.05) is 25.7 Å². The first-order valence-corrected chi connectivity index (χ1v) is 13.4. The lowest BCUT2D eigenvalue weighted by molar-refractivity contribution is -0.0970. The van der Waals surface area contributed by atoms with Gasteiger partial charge in [0.05, 0.1) is 24.0 Å². The van der Waals surface area contributed by atoms with Crippen molar-refractivity contribution >= 4 is 17.9 Å². The third kappa shape index (κ3) is 4.75. The fourth-order valence-electron chi connectivity index (χ4n) is 6.38. The molecule has 39 heavy (non-hydrogen) atoms. The summed E-state index contributed by atoms with van der Waals surface area (Å²) in [6.07, 6.45) is 2.43. The maximum Gasteiger partial charge on any atom is 0.411 e. The highest BCUT2D eigenvalue weighted by atomic mass is 19.1. The van der Waals surface area contributed by atoms with Gasteiger partial charge in [-0.1, -0.05) is 0 Å². The second-order valence-electron chi connectivity index (χ2n) is 12.0. The molecule has 1 aliphatic heterocycles. The Hall–Kier alpha value is -3.18. The number of methoxy groups -OCH3 is 2. The lowest BCUT2D eigenvalue weighted by Crippen LogP contribution is -2.51. The third-order valence-electron chi connectivity index (χ3n) is 8.20. The Kier molecular flexibility index (Phi) is 6.87. The second-order valence-corrected chi connectivity index (χ2v) is 12.0. The van der Waals surface area contributed by atoms with Gasteiger partial charge in [0.1, 0.15) is 17.2 Å². The van der Waals surface area contributed by atoms with E-state index in [-0.39, 0.29) is 36.0 Å². The van der Waals surface area contributed by atoms with Gasteiger partial charge < -0.3 is 19.5 Å². The number of benzene rings is 1. The third-order valence-corrected chi connectivity index (χ3v) is 8.20. The van der Waals surface area contributed by atoms with Crippen LogP contribution in [0.25, 0.3) is 5.69 Å². The van der Waals surface area contributed by atoms with Gasteiger partial charge in [0.25, 0.3) is 0 Å². The number of rotatable bonds is 6. The highest BCUT2D eigenvalue weighted by molar-refractivity contribution is 5.90. The molecule has 3 amide bonds. The quantitative estimate of drug-likeness (QED) is 0.509. The summed E-state index contributed by atoms with van der Waals surface area (Å²) in [6, 6.07) is 2.72. The number of ether oxygens (including phenoxy) is 3. The molecule has 5 rings (SSSR count). The summed E-state index contributed by atoms with van der Waals surface area (Å²) in [7, 11) is 2.99. The molecule has 2 fully saturated rings. The van der Waals surface area contributed by atoms with E-state index in [2.05, 4.69) is 10.6 Å². The maximum atomic E-state index is 14.5. The van der Waals surface area contributed by atoms with Gasteiger partial charge in [-0.05, 0) is 89.0 Å². The van der Waals surface area contributed by atoms with Crippen LogP contribution >= 0.6 is 0 Å². The van der Waals surface area contributed by atoms with Crippen LogP contribution in [0.2, 0.25) is 0 Å². The molecule has 11 heteroatoms. The Bertz CT molecular complexity index is 1280. The van der Waals surface area contributed by atoms with Crippen molar-refractivity contribution < 1.29 is 28.2 Å². The number of hydrogen-bond acceptors (Lipinski definition) is 6. The van der Waals surface area contributed by atoms with Gasteiger partial charge in [-0.2, -0.15) is 5.10 Å². The molecule has 2 aliphatic carbocycles. The van der Waals surface area contributed by atoms with Crippen LogP contribution in [-0.2, 0) is 20.6 Å². The largest absolute Gasteiger partial charge is 0.444 e. The SMILES string of the molecule is COC(CNC(=O)Nc1c2c(nn1-c1cc(C)c(F)c(C)c1)CC13CCC1N(C(=O)OC(C)(C)C)C2C3)OC. The fourth-order valence-corrected chi connectivity index (χ4v) is 6.38. The Morgan fingerprint density at radius 2 is 1.87 bits per heavy atom. The second kappa shape index (κ2) is 9.78. The molecule has 1 aromatic heterocycles. The minimum Gasteiger partial charge on any atom is -0.444 e. The number of hydrogen-bond donors (Lipinski definition) is 2. The molecular formula is C28H38FN5O5. The minimum atomic E-state index is -0.638. The average molecular weight is 544 g/mol. The zero-order chi connectivity index (χ0) is 28.3. The summed E-state index contributed by atoms with van der Waals surface area (Å²) in [6.45, 7) is 9.11. The Morgan fingerprint density at radius 1 is 1.21 bits per heavy atom. The van der Waals surface area contributed by atoms with Crippen molar-refractivity contribution in [3.05, 3.63) is 40.3 Å². The van der Waals surface area contributed by atoms with Gasteiger partial charge in [-0.25, -0.2) is 18.7 Å². The van der Waals surface area contributed by atoms with Gasteiger partial charge in [0.2, 0.25) is 0 Å². The summed E-state index contributed by atoms with van der Waals surface area (Å²) < 4.78 is 32.4. The lowest BCUT2D eigenvalue weighted by atomic mass is 9.60.